The molecule has 1 aliphatic heterocycles. The number of ketones is 2. The average Bonchev–Trinajstić information content (AvgIpc) is 2.75. The van der Waals surface area contributed by atoms with Crippen LogP contribution in [0.4, 0.5) is 0 Å². The minimum atomic E-state index is -3.89. The van der Waals surface area contributed by atoms with E-state index in [0.717, 1.165) is 12.8 Å². The van der Waals surface area contributed by atoms with Crippen LogP contribution in [0, 0.1) is 11.8 Å². The van der Waals surface area contributed by atoms with E-state index in [1.54, 1.807) is 32.0 Å². The van der Waals surface area contributed by atoms with Crippen LogP contribution < -0.4 is 10.0 Å². The number of carbonyl (C=O) groups is 3. The molecule has 1 aromatic rings. The van der Waals surface area contributed by atoms with Crippen LogP contribution in [0.15, 0.2) is 35.2 Å². The minimum absolute atomic E-state index is 0.0449. The van der Waals surface area contributed by atoms with E-state index >= 15 is 0 Å². The highest BCUT2D eigenvalue weighted by Gasteiger charge is 2.33. The first-order chi connectivity index (χ1) is 14.2. The molecule has 1 fully saturated rings. The highest BCUT2D eigenvalue weighted by atomic mass is 32.2. The van der Waals surface area contributed by atoms with E-state index < -0.39 is 39.5 Å². The molecule has 1 aromatic carbocycles. The van der Waals surface area contributed by atoms with Crippen molar-refractivity contribution in [2.45, 2.75) is 56.9 Å². The number of hydrogen-bond donors (Lipinski definition) is 2. The molecule has 2 rings (SSSR count). The van der Waals surface area contributed by atoms with Gasteiger partial charge in [-0.1, -0.05) is 44.9 Å². The summed E-state index contributed by atoms with van der Waals surface area (Å²) in [7, 11) is -3.89. The topological polar surface area (TPSA) is 119 Å². The molecule has 2 unspecified atom stereocenters. The van der Waals surface area contributed by atoms with Crippen molar-refractivity contribution in [3.8, 4) is 0 Å². The van der Waals surface area contributed by atoms with E-state index in [9.17, 15) is 22.8 Å². The van der Waals surface area contributed by atoms with Crippen LogP contribution in [0.1, 0.15) is 46.0 Å². The Kier molecular flexibility index (Phi) is 9.13. The van der Waals surface area contributed by atoms with Gasteiger partial charge in [-0.3, -0.25) is 14.4 Å². The summed E-state index contributed by atoms with van der Waals surface area (Å²) >= 11 is 0. The SMILES string of the molecule is CC(C)C(NS(=O)(=O)c1ccccc1)C(=O)CC1CCCCCOCNC(=O)C1=O. The molecule has 0 radical (unpaired) electrons. The van der Waals surface area contributed by atoms with Crippen molar-refractivity contribution in [3.05, 3.63) is 30.3 Å². The maximum Gasteiger partial charge on any atom is 0.289 e. The number of sulfonamides is 1. The van der Waals surface area contributed by atoms with Crippen LogP contribution in [0.25, 0.3) is 0 Å². The highest BCUT2D eigenvalue weighted by molar-refractivity contribution is 7.89. The zero-order valence-corrected chi connectivity index (χ0v) is 18.2. The lowest BCUT2D eigenvalue weighted by atomic mass is 9.87. The first-order valence-corrected chi connectivity index (χ1v) is 11.7. The van der Waals surface area contributed by atoms with Gasteiger partial charge in [0.25, 0.3) is 5.91 Å². The summed E-state index contributed by atoms with van der Waals surface area (Å²) in [4.78, 5) is 37.7. The Labute approximate surface area is 177 Å². The lowest BCUT2D eigenvalue weighted by molar-refractivity contribution is -0.142. The van der Waals surface area contributed by atoms with Gasteiger partial charge in [0, 0.05) is 18.9 Å². The number of hydrogen-bond acceptors (Lipinski definition) is 6. The maximum absolute atomic E-state index is 13.0. The smallest absolute Gasteiger partial charge is 0.289 e. The zero-order valence-electron chi connectivity index (χ0n) is 17.4. The van der Waals surface area contributed by atoms with Gasteiger partial charge in [0.15, 0.2) is 5.78 Å². The van der Waals surface area contributed by atoms with E-state index in [0.29, 0.717) is 19.4 Å². The molecular weight excluding hydrogens is 408 g/mol. The quantitative estimate of drug-likeness (QED) is 0.627. The molecule has 8 nitrogen and oxygen atoms in total. The Morgan fingerprint density at radius 2 is 1.87 bits per heavy atom. The van der Waals surface area contributed by atoms with Gasteiger partial charge in [0.1, 0.15) is 6.73 Å². The molecule has 0 aliphatic carbocycles. The molecule has 9 heteroatoms. The fourth-order valence-electron chi connectivity index (χ4n) is 3.34. The van der Waals surface area contributed by atoms with Crippen molar-refractivity contribution in [1.82, 2.24) is 10.0 Å². The van der Waals surface area contributed by atoms with Crippen LogP contribution >= 0.6 is 0 Å². The number of nitrogens with one attached hydrogen (secondary N) is 2. The van der Waals surface area contributed by atoms with Gasteiger partial charge in [-0.05, 0) is 30.9 Å². The Balaban J connectivity index is 2.15. The molecule has 1 aliphatic rings. The third-order valence-electron chi connectivity index (χ3n) is 5.07. The van der Waals surface area contributed by atoms with Crippen molar-refractivity contribution in [2.75, 3.05) is 13.3 Å². The van der Waals surface area contributed by atoms with Crippen molar-refractivity contribution in [1.29, 1.82) is 0 Å². The second-order valence-electron chi connectivity index (χ2n) is 7.80. The van der Waals surface area contributed by atoms with Crippen LogP contribution in [0.3, 0.4) is 0 Å². The summed E-state index contributed by atoms with van der Waals surface area (Å²) in [6, 6.07) is 6.81. The predicted molar refractivity (Wildman–Crippen MR) is 111 cm³/mol. The number of Topliss-reactive ketones (excluding diaryl/α,β-unsaturated/α-hetero) is 2. The van der Waals surface area contributed by atoms with Crippen molar-refractivity contribution in [3.63, 3.8) is 0 Å². The second-order valence-corrected chi connectivity index (χ2v) is 9.51. The Morgan fingerprint density at radius 3 is 2.53 bits per heavy atom. The Morgan fingerprint density at radius 1 is 1.17 bits per heavy atom. The van der Waals surface area contributed by atoms with Crippen molar-refractivity contribution < 1.29 is 27.5 Å². The van der Waals surface area contributed by atoms with Crippen LogP contribution in [0.2, 0.25) is 0 Å². The van der Waals surface area contributed by atoms with Gasteiger partial charge in [-0.15, -0.1) is 0 Å². The molecule has 1 heterocycles. The van der Waals surface area contributed by atoms with Gasteiger partial charge in [0.05, 0.1) is 10.9 Å². The lowest BCUT2D eigenvalue weighted by Crippen LogP contribution is -2.46. The number of benzene rings is 1. The van der Waals surface area contributed by atoms with Crippen molar-refractivity contribution >= 4 is 27.5 Å². The number of rotatable bonds is 7. The van der Waals surface area contributed by atoms with Gasteiger partial charge in [0.2, 0.25) is 15.8 Å². The third-order valence-corrected chi connectivity index (χ3v) is 6.52. The maximum atomic E-state index is 13.0. The Hall–Kier alpha value is -2.10. The molecular formula is C21H30N2O6S. The number of amides is 1. The monoisotopic (exact) mass is 438 g/mol. The Bertz CT molecular complexity index is 838. The summed E-state index contributed by atoms with van der Waals surface area (Å²) in [5.41, 5.74) is 0. The van der Waals surface area contributed by atoms with Gasteiger partial charge in [-0.2, -0.15) is 0 Å². The molecule has 0 saturated carbocycles. The molecule has 2 N–H and O–H groups in total. The zero-order chi connectivity index (χ0) is 22.1. The third kappa shape index (κ3) is 7.00. The molecule has 1 amide bonds. The van der Waals surface area contributed by atoms with Crippen LogP contribution in [0.5, 0.6) is 0 Å². The summed E-state index contributed by atoms with van der Waals surface area (Å²) < 4.78 is 33.1. The van der Waals surface area contributed by atoms with E-state index in [-0.39, 0.29) is 24.0 Å². The first-order valence-electron chi connectivity index (χ1n) is 10.2. The minimum Gasteiger partial charge on any atom is -0.361 e. The largest absolute Gasteiger partial charge is 0.361 e. The summed E-state index contributed by atoms with van der Waals surface area (Å²) in [5.74, 6) is -2.95. The molecule has 1 saturated heterocycles. The fourth-order valence-corrected chi connectivity index (χ4v) is 4.73. The van der Waals surface area contributed by atoms with E-state index in [2.05, 4.69) is 10.0 Å². The fraction of sp³-hybridized carbons (Fsp3) is 0.571. The molecule has 0 spiro atoms. The normalized spacial score (nSPS) is 20.3. The average molecular weight is 439 g/mol. The van der Waals surface area contributed by atoms with E-state index in [4.69, 9.17) is 4.74 Å². The van der Waals surface area contributed by atoms with Crippen molar-refractivity contribution in [2.24, 2.45) is 11.8 Å². The van der Waals surface area contributed by atoms with Gasteiger partial charge in [-0.25, -0.2) is 13.1 Å². The van der Waals surface area contributed by atoms with Gasteiger partial charge >= 0.3 is 0 Å². The van der Waals surface area contributed by atoms with E-state index in [1.807, 2.05) is 0 Å². The number of carbonyl (C=O) groups excluding carboxylic acids is 3. The number of ether oxygens (including phenoxy) is 1. The summed E-state index contributed by atoms with van der Waals surface area (Å²) in [6.07, 6.45) is 2.51. The summed E-state index contributed by atoms with van der Waals surface area (Å²) in [6.45, 7) is 3.92. The standard InChI is InChI=1S/C21H30N2O6S/c1-15(2)19(23-30(27,28)17-10-6-3-7-11-17)18(24)13-16-9-5-4-8-12-29-14-22-21(26)20(16)25/h3,6-7,10-11,15-16,19,23H,4-5,8-9,12-14H2,1-2H3,(H,22,26). The molecule has 166 valence electrons. The van der Waals surface area contributed by atoms with Gasteiger partial charge < -0.3 is 10.1 Å². The lowest BCUT2D eigenvalue weighted by Gasteiger charge is -2.23. The van der Waals surface area contributed by atoms with Crippen LogP contribution in [-0.2, 0) is 29.1 Å². The van der Waals surface area contributed by atoms with E-state index in [1.165, 1.54) is 12.1 Å². The molecule has 2 atom stereocenters. The van der Waals surface area contributed by atoms with Crippen LogP contribution in [-0.4, -0.2) is 45.3 Å². The molecule has 30 heavy (non-hydrogen) atoms. The second kappa shape index (κ2) is 11.3. The summed E-state index contributed by atoms with van der Waals surface area (Å²) in [5, 5.41) is 2.41. The molecule has 0 aromatic heterocycles. The predicted octanol–water partition coefficient (Wildman–Crippen LogP) is 1.80. The highest BCUT2D eigenvalue weighted by Crippen LogP contribution is 2.20. The first kappa shape index (κ1) is 24.2. The molecule has 0 bridgehead atoms.